The van der Waals surface area contributed by atoms with Gasteiger partial charge in [0.1, 0.15) is 6.04 Å². The second kappa shape index (κ2) is 7.53. The van der Waals surface area contributed by atoms with Crippen LogP contribution in [0.15, 0.2) is 29.0 Å². The van der Waals surface area contributed by atoms with E-state index in [9.17, 15) is 4.79 Å². The lowest BCUT2D eigenvalue weighted by Gasteiger charge is -2.25. The molecular weight excluding hydrogens is 306 g/mol. The topological polar surface area (TPSA) is 92.9 Å². The number of hydrogen-bond donors (Lipinski definition) is 2. The van der Waals surface area contributed by atoms with Gasteiger partial charge in [-0.2, -0.15) is 4.98 Å². The summed E-state index contributed by atoms with van der Waals surface area (Å²) in [5, 5.41) is 10.4. The molecule has 0 radical (unpaired) electrons. The Morgan fingerprint density at radius 2 is 2.00 bits per heavy atom. The first kappa shape index (κ1) is 16.6. The number of hydrogen-bond acceptors (Lipinski definition) is 6. The van der Waals surface area contributed by atoms with Crippen molar-refractivity contribution in [1.29, 1.82) is 0 Å². The van der Waals surface area contributed by atoms with Gasteiger partial charge in [-0.3, -0.25) is 9.78 Å². The van der Waals surface area contributed by atoms with Crippen molar-refractivity contribution in [3.05, 3.63) is 30.4 Å². The second-order valence-corrected chi connectivity index (χ2v) is 6.45. The molecule has 1 aliphatic rings. The predicted molar refractivity (Wildman–Crippen MR) is 88.8 cm³/mol. The quantitative estimate of drug-likeness (QED) is 0.871. The van der Waals surface area contributed by atoms with Gasteiger partial charge in [-0.1, -0.05) is 19.0 Å². The van der Waals surface area contributed by atoms with E-state index in [1.54, 1.807) is 12.4 Å². The van der Waals surface area contributed by atoms with Crippen LogP contribution in [0.4, 0.5) is 0 Å². The van der Waals surface area contributed by atoms with Crippen LogP contribution in [-0.2, 0) is 4.79 Å². The maximum absolute atomic E-state index is 12.5. The largest absolute Gasteiger partial charge is 0.344 e. The van der Waals surface area contributed by atoms with E-state index >= 15 is 0 Å². The van der Waals surface area contributed by atoms with Gasteiger partial charge >= 0.3 is 0 Å². The van der Waals surface area contributed by atoms with Crippen molar-refractivity contribution in [3.8, 4) is 11.4 Å². The molecule has 1 aliphatic heterocycles. The number of carbonyl (C=O) groups excluding carboxylic acids is 1. The summed E-state index contributed by atoms with van der Waals surface area (Å²) in [6.07, 6.45) is 5.10. The molecular formula is C17H23N5O2. The van der Waals surface area contributed by atoms with Crippen molar-refractivity contribution in [3.63, 3.8) is 0 Å². The van der Waals surface area contributed by atoms with E-state index in [1.807, 2.05) is 26.0 Å². The highest BCUT2D eigenvalue weighted by Crippen LogP contribution is 2.24. The molecule has 0 saturated carbocycles. The Morgan fingerprint density at radius 1 is 1.29 bits per heavy atom. The summed E-state index contributed by atoms with van der Waals surface area (Å²) in [5.74, 6) is 1.23. The lowest BCUT2D eigenvalue weighted by atomic mass is 9.95. The third-order valence-corrected chi connectivity index (χ3v) is 4.32. The van der Waals surface area contributed by atoms with Crippen molar-refractivity contribution in [2.24, 2.45) is 11.8 Å². The molecule has 0 aliphatic carbocycles. The number of nitrogens with one attached hydrogen (secondary N) is 2. The van der Waals surface area contributed by atoms with E-state index in [0.717, 1.165) is 31.5 Å². The molecule has 24 heavy (non-hydrogen) atoms. The summed E-state index contributed by atoms with van der Waals surface area (Å²) in [6.45, 7) is 5.84. The molecule has 2 aromatic heterocycles. The molecule has 7 nitrogen and oxygen atoms in total. The third-order valence-electron chi connectivity index (χ3n) is 4.32. The minimum atomic E-state index is -0.282. The highest BCUT2D eigenvalue weighted by atomic mass is 16.5. The molecule has 1 atom stereocenters. The van der Waals surface area contributed by atoms with Gasteiger partial charge in [-0.15, -0.1) is 0 Å². The minimum absolute atomic E-state index is 0.0510. The van der Waals surface area contributed by atoms with E-state index in [-0.39, 0.29) is 23.8 Å². The molecule has 128 valence electrons. The first-order valence-corrected chi connectivity index (χ1v) is 8.40. The summed E-state index contributed by atoms with van der Waals surface area (Å²) in [4.78, 5) is 21.0. The van der Waals surface area contributed by atoms with E-state index in [2.05, 4.69) is 25.8 Å². The zero-order chi connectivity index (χ0) is 16.9. The number of aromatic nitrogens is 3. The molecule has 0 bridgehead atoms. The minimum Gasteiger partial charge on any atom is -0.344 e. The fraction of sp³-hybridized carbons (Fsp3) is 0.529. The van der Waals surface area contributed by atoms with Gasteiger partial charge in [0.15, 0.2) is 0 Å². The first-order valence-electron chi connectivity index (χ1n) is 8.40. The van der Waals surface area contributed by atoms with Crippen molar-refractivity contribution in [2.45, 2.75) is 32.7 Å². The monoisotopic (exact) mass is 329 g/mol. The third kappa shape index (κ3) is 3.79. The molecule has 2 N–H and O–H groups in total. The van der Waals surface area contributed by atoms with Crippen LogP contribution in [0.3, 0.4) is 0 Å². The summed E-state index contributed by atoms with van der Waals surface area (Å²) < 4.78 is 5.42. The number of carbonyl (C=O) groups is 1. The summed E-state index contributed by atoms with van der Waals surface area (Å²) >= 11 is 0. The Hall–Kier alpha value is -2.28. The van der Waals surface area contributed by atoms with Crippen LogP contribution in [0.2, 0.25) is 0 Å². The number of rotatable bonds is 5. The van der Waals surface area contributed by atoms with Crippen molar-refractivity contribution >= 4 is 5.91 Å². The number of amides is 1. The van der Waals surface area contributed by atoms with Gasteiger partial charge in [-0.25, -0.2) is 0 Å². The maximum atomic E-state index is 12.5. The van der Waals surface area contributed by atoms with Crippen LogP contribution in [0.5, 0.6) is 0 Å². The molecule has 1 saturated heterocycles. The van der Waals surface area contributed by atoms with Gasteiger partial charge in [0, 0.05) is 23.9 Å². The molecule has 1 fully saturated rings. The number of nitrogens with zero attached hydrogens (tertiary/aromatic N) is 3. The van der Waals surface area contributed by atoms with E-state index in [4.69, 9.17) is 4.52 Å². The Bertz CT molecular complexity index is 665. The second-order valence-electron chi connectivity index (χ2n) is 6.45. The zero-order valence-corrected chi connectivity index (χ0v) is 14.0. The molecule has 3 rings (SSSR count). The van der Waals surface area contributed by atoms with Crippen molar-refractivity contribution in [1.82, 2.24) is 25.8 Å². The SMILES string of the molecule is CC(C)C(NC(=O)C1CCNCC1)c1nc(-c2ccncc2)no1. The zero-order valence-electron chi connectivity index (χ0n) is 14.0. The van der Waals surface area contributed by atoms with Gasteiger partial charge in [0.2, 0.25) is 17.6 Å². The molecule has 7 heteroatoms. The van der Waals surface area contributed by atoms with E-state index in [1.165, 1.54) is 0 Å². The Labute approximate surface area is 141 Å². The molecule has 1 amide bonds. The van der Waals surface area contributed by atoms with Crippen LogP contribution < -0.4 is 10.6 Å². The predicted octanol–water partition coefficient (Wildman–Crippen LogP) is 1.94. The summed E-state index contributed by atoms with van der Waals surface area (Å²) in [5.41, 5.74) is 0.840. The first-order chi connectivity index (χ1) is 11.6. The number of pyridine rings is 1. The van der Waals surface area contributed by atoms with Crippen LogP contribution in [0, 0.1) is 11.8 Å². The van der Waals surface area contributed by atoms with Crippen LogP contribution in [0.1, 0.15) is 38.6 Å². The van der Waals surface area contributed by atoms with Crippen molar-refractivity contribution < 1.29 is 9.32 Å². The van der Waals surface area contributed by atoms with E-state index < -0.39 is 0 Å². The van der Waals surface area contributed by atoms with Gasteiger partial charge in [-0.05, 0) is 44.0 Å². The highest BCUT2D eigenvalue weighted by Gasteiger charge is 2.28. The molecule has 2 aromatic rings. The molecule has 0 aromatic carbocycles. The lowest BCUT2D eigenvalue weighted by molar-refractivity contribution is -0.127. The molecule has 0 spiro atoms. The van der Waals surface area contributed by atoms with Crippen molar-refractivity contribution in [2.75, 3.05) is 13.1 Å². The van der Waals surface area contributed by atoms with Gasteiger partial charge < -0.3 is 15.2 Å². The molecule has 3 heterocycles. The van der Waals surface area contributed by atoms with Gasteiger partial charge in [0.05, 0.1) is 0 Å². The average molecular weight is 329 g/mol. The van der Waals surface area contributed by atoms with Crippen LogP contribution in [0.25, 0.3) is 11.4 Å². The lowest BCUT2D eigenvalue weighted by Crippen LogP contribution is -2.41. The highest BCUT2D eigenvalue weighted by molar-refractivity contribution is 5.79. The normalized spacial score (nSPS) is 17.0. The Kier molecular flexibility index (Phi) is 5.20. The van der Waals surface area contributed by atoms with E-state index in [0.29, 0.717) is 11.7 Å². The Morgan fingerprint density at radius 3 is 2.67 bits per heavy atom. The Balaban J connectivity index is 1.74. The maximum Gasteiger partial charge on any atom is 0.249 e. The fourth-order valence-electron chi connectivity index (χ4n) is 2.85. The van der Waals surface area contributed by atoms with Crippen LogP contribution >= 0.6 is 0 Å². The van der Waals surface area contributed by atoms with Crippen LogP contribution in [-0.4, -0.2) is 34.1 Å². The smallest absolute Gasteiger partial charge is 0.249 e. The molecule has 1 unspecified atom stereocenters. The van der Waals surface area contributed by atoms with Gasteiger partial charge in [0.25, 0.3) is 0 Å². The standard InChI is InChI=1S/C17H23N5O2/c1-11(2)14(20-16(23)13-5-9-19-10-6-13)17-21-15(22-24-17)12-3-7-18-8-4-12/h3-4,7-8,11,13-14,19H,5-6,9-10H2,1-2H3,(H,20,23). The average Bonchev–Trinajstić information content (AvgIpc) is 3.10. The number of piperidine rings is 1. The fourth-order valence-corrected chi connectivity index (χ4v) is 2.85. The summed E-state index contributed by atoms with van der Waals surface area (Å²) in [6, 6.07) is 3.37. The summed E-state index contributed by atoms with van der Waals surface area (Å²) in [7, 11) is 0.